The molecule has 0 aliphatic carbocycles. The Balaban J connectivity index is 0. The van der Waals surface area contributed by atoms with E-state index in [0.717, 1.165) is 23.7 Å². The molecule has 0 aromatic carbocycles. The molecule has 0 amide bonds. The first-order valence-electron chi connectivity index (χ1n) is 8.81. The van der Waals surface area contributed by atoms with Crippen LogP contribution in [0.4, 0.5) is 0 Å². The van der Waals surface area contributed by atoms with E-state index in [4.69, 9.17) is 0 Å². The van der Waals surface area contributed by atoms with Crippen LogP contribution in [-0.4, -0.2) is 15.2 Å². The molecule has 1 heteroatoms. The van der Waals surface area contributed by atoms with Gasteiger partial charge in [0, 0.05) is 0 Å². The first-order valence-corrected chi connectivity index (χ1v) is 10.4. The second-order valence-corrected chi connectivity index (χ2v) is 8.75. The Labute approximate surface area is 131 Å². The van der Waals surface area contributed by atoms with Gasteiger partial charge in [-0.15, -0.1) is 0 Å². The molecule has 0 radical (unpaired) electrons. The molecular formula is C18H39Al. The van der Waals surface area contributed by atoms with Crippen LogP contribution in [0.3, 0.4) is 0 Å². The zero-order valence-corrected chi connectivity index (χ0v) is 15.7. The largest absolute Gasteiger partial charge is 1.00 e. The molecule has 4 atom stereocenters. The van der Waals surface area contributed by atoms with Crippen LogP contribution in [0.25, 0.3) is 0 Å². The van der Waals surface area contributed by atoms with Crippen LogP contribution in [-0.2, 0) is 0 Å². The molecule has 19 heavy (non-hydrogen) atoms. The van der Waals surface area contributed by atoms with Gasteiger partial charge in [-0.1, -0.05) is 0 Å². The summed E-state index contributed by atoms with van der Waals surface area (Å²) in [6.07, 6.45) is 8.47. The van der Waals surface area contributed by atoms with E-state index in [1.807, 2.05) is 0 Å². The first-order chi connectivity index (χ1) is 8.99. The zero-order chi connectivity index (χ0) is 14.7. The van der Waals surface area contributed by atoms with E-state index in [0.29, 0.717) is 15.2 Å². The molecule has 0 aliphatic heterocycles. The van der Waals surface area contributed by atoms with Crippen LogP contribution in [0.2, 0.25) is 10.6 Å². The summed E-state index contributed by atoms with van der Waals surface area (Å²) in [5.74, 6) is 3.83. The third kappa shape index (κ3) is 12.0. The molecule has 0 rings (SSSR count). The van der Waals surface area contributed by atoms with Crippen LogP contribution < -0.4 is 0 Å². The Morgan fingerprint density at radius 2 is 1.05 bits per heavy atom. The summed E-state index contributed by atoms with van der Waals surface area (Å²) in [4.78, 5) is 0. The number of rotatable bonds is 12. The van der Waals surface area contributed by atoms with Gasteiger partial charge in [-0.3, -0.25) is 0 Å². The summed E-state index contributed by atoms with van der Waals surface area (Å²) in [5.41, 5.74) is 0. The topological polar surface area (TPSA) is 0 Å². The van der Waals surface area contributed by atoms with E-state index >= 15 is 0 Å². The predicted molar refractivity (Wildman–Crippen MR) is 92.2 cm³/mol. The predicted octanol–water partition coefficient (Wildman–Crippen LogP) is 6.56. The summed E-state index contributed by atoms with van der Waals surface area (Å²) in [6, 6.07) is 0. The fourth-order valence-corrected chi connectivity index (χ4v) is 5.17. The minimum atomic E-state index is 0. The fraction of sp³-hybridized carbons (Fsp3) is 1.00. The van der Waals surface area contributed by atoms with Crippen molar-refractivity contribution in [1.82, 2.24) is 0 Å². The van der Waals surface area contributed by atoms with Gasteiger partial charge in [0.1, 0.15) is 0 Å². The Kier molecular flexibility index (Phi) is 12.6. The van der Waals surface area contributed by atoms with Crippen molar-refractivity contribution in [3.8, 4) is 0 Å². The maximum atomic E-state index is 2.48. The van der Waals surface area contributed by atoms with Crippen molar-refractivity contribution in [1.29, 1.82) is 0 Å². The minimum absolute atomic E-state index is 0. The molecule has 0 N–H and O–H groups in total. The Morgan fingerprint density at radius 3 is 1.37 bits per heavy atom. The first kappa shape index (κ1) is 19.5. The summed E-state index contributed by atoms with van der Waals surface area (Å²) in [7, 11) is 0. The average molecular weight is 282 g/mol. The molecule has 0 aromatic heterocycles. The second-order valence-electron chi connectivity index (χ2n) is 7.23. The van der Waals surface area contributed by atoms with E-state index in [1.165, 1.54) is 49.1 Å². The van der Waals surface area contributed by atoms with Crippen LogP contribution in [0.5, 0.6) is 0 Å². The van der Waals surface area contributed by atoms with Crippen LogP contribution in [0.1, 0.15) is 81.5 Å². The molecule has 0 nitrogen and oxygen atoms in total. The van der Waals surface area contributed by atoms with Gasteiger partial charge < -0.3 is 1.43 Å². The minimum Gasteiger partial charge on any atom is -1.00 e. The van der Waals surface area contributed by atoms with Crippen molar-refractivity contribution >= 4 is 15.2 Å². The van der Waals surface area contributed by atoms with Gasteiger partial charge in [-0.2, -0.15) is 0 Å². The van der Waals surface area contributed by atoms with E-state index in [1.54, 1.807) is 0 Å². The van der Waals surface area contributed by atoms with Crippen LogP contribution >= 0.6 is 0 Å². The molecule has 0 aromatic rings. The standard InChI is InChI=1S/2C9H19.Al.H/c2*1-5-6-9(4)7-8(2)3;;/h2*8-9H,2,5-7H2,1,3-4H3;;/q;;+1;-1. The summed E-state index contributed by atoms with van der Waals surface area (Å²) in [6.45, 7) is 14.4. The maximum Gasteiger partial charge on any atom is -1.00 e. The molecule has 0 fully saturated rings. The van der Waals surface area contributed by atoms with Gasteiger partial charge in [-0.05, 0) is 0 Å². The van der Waals surface area contributed by atoms with Crippen molar-refractivity contribution in [2.75, 3.05) is 0 Å². The molecule has 0 saturated heterocycles. The van der Waals surface area contributed by atoms with Crippen LogP contribution in [0.15, 0.2) is 0 Å². The second kappa shape index (κ2) is 12.3. The molecule has 0 bridgehead atoms. The van der Waals surface area contributed by atoms with Gasteiger partial charge in [0.15, 0.2) is 0 Å². The molecule has 114 valence electrons. The summed E-state index contributed by atoms with van der Waals surface area (Å²) < 4.78 is 0. The number of hydrogen-bond acceptors (Lipinski definition) is 0. The Hall–Kier alpha value is 0.532. The molecule has 0 aliphatic rings. The normalized spacial score (nSPS) is 17.6. The van der Waals surface area contributed by atoms with Gasteiger partial charge in [-0.25, -0.2) is 0 Å². The average Bonchev–Trinajstić information content (AvgIpc) is 2.28. The summed E-state index contributed by atoms with van der Waals surface area (Å²) in [5, 5.41) is 3.06. The smallest absolute Gasteiger partial charge is 1.00 e. The van der Waals surface area contributed by atoms with Gasteiger partial charge in [0.2, 0.25) is 0 Å². The van der Waals surface area contributed by atoms with E-state index in [-0.39, 0.29) is 1.43 Å². The van der Waals surface area contributed by atoms with Gasteiger partial charge in [0.25, 0.3) is 0 Å². The molecule has 4 unspecified atom stereocenters. The summed E-state index contributed by atoms with van der Waals surface area (Å²) >= 11 is 0.699. The van der Waals surface area contributed by atoms with E-state index in [2.05, 4.69) is 41.5 Å². The zero-order valence-electron chi connectivity index (χ0n) is 15.5. The monoisotopic (exact) mass is 282 g/mol. The van der Waals surface area contributed by atoms with Crippen molar-refractivity contribution in [3.05, 3.63) is 0 Å². The van der Waals surface area contributed by atoms with Gasteiger partial charge >= 0.3 is 130 Å². The van der Waals surface area contributed by atoms with Crippen molar-refractivity contribution in [2.24, 2.45) is 23.7 Å². The molecule has 0 spiro atoms. The Morgan fingerprint density at radius 1 is 0.684 bits per heavy atom. The van der Waals surface area contributed by atoms with E-state index < -0.39 is 0 Å². The van der Waals surface area contributed by atoms with Crippen LogP contribution in [0, 0.1) is 23.7 Å². The van der Waals surface area contributed by atoms with Gasteiger partial charge in [0.05, 0.1) is 0 Å². The third-order valence-corrected chi connectivity index (χ3v) is 6.59. The SMILES string of the molecule is CCCC(C)CC(C)[CH2][Al+][CH2]C(C)CC(C)CCC.[H-]. The fourth-order valence-electron chi connectivity index (χ4n) is 3.45. The molecule has 0 heterocycles. The maximum absolute atomic E-state index is 2.48. The number of hydrogen-bond donors (Lipinski definition) is 0. The Bertz CT molecular complexity index is 176. The van der Waals surface area contributed by atoms with E-state index in [9.17, 15) is 0 Å². The molecule has 0 saturated carbocycles. The third-order valence-electron chi connectivity index (χ3n) is 4.31. The van der Waals surface area contributed by atoms with Crippen molar-refractivity contribution < 1.29 is 1.43 Å². The molecular weight excluding hydrogens is 243 g/mol. The van der Waals surface area contributed by atoms with Crippen molar-refractivity contribution in [3.63, 3.8) is 0 Å². The quantitative estimate of drug-likeness (QED) is 0.355. The van der Waals surface area contributed by atoms with Crippen molar-refractivity contribution in [2.45, 2.75) is 90.6 Å².